The molecule has 52 nitrogen and oxygen atoms in total. The lowest BCUT2D eigenvalue weighted by molar-refractivity contribution is -0.399. The zero-order chi connectivity index (χ0) is 76.0. The van der Waals surface area contributed by atoms with Crippen LogP contribution in [0.2, 0.25) is 0 Å². The van der Waals surface area contributed by atoms with Gasteiger partial charge in [-0.05, 0) is 6.42 Å². The minimum Gasteiger partial charge on any atom is -0.479 e. The monoisotopic (exact) mass is 1640 g/mol. The average molecular weight is 1640 g/mol. The molecule has 5 heterocycles. The number of carbonyl (C=O) groups excluding carboxylic acids is 1. The Morgan fingerprint density at radius 3 is 1.01 bits per heavy atom. The predicted octanol–water partition coefficient (Wildman–Crippen LogP) is -7.68. The lowest BCUT2D eigenvalue weighted by Crippen LogP contribution is -2.73. The Morgan fingerprint density at radius 2 is 0.660 bits per heavy atom. The second-order valence-corrected chi connectivity index (χ2v) is 29.0. The van der Waals surface area contributed by atoms with E-state index in [1.807, 2.05) is 0 Å². The smallest absolute Gasteiger partial charge is 0.449 e. The highest BCUT2D eigenvalue weighted by atomic mass is 32.3. The highest BCUT2D eigenvalue weighted by molar-refractivity contribution is 7.82. The Bertz CT molecular complexity index is 3690. The van der Waals surface area contributed by atoms with Gasteiger partial charge in [0.15, 0.2) is 55.4 Å². The van der Waals surface area contributed by atoms with Crippen molar-refractivity contribution < 1.29 is 232 Å². The van der Waals surface area contributed by atoms with Crippen molar-refractivity contribution in [3.8, 4) is 0 Å². The molecule has 5 fully saturated rings. The normalized spacial score (nSPS) is 37.0. The van der Waals surface area contributed by atoms with E-state index in [0.29, 0.717) is 21.3 Å². The third kappa shape index (κ3) is 23.9. The Hall–Kier alpha value is -2.74. The average Bonchev–Trinajstić information content (AvgIpc) is 0.738. The van der Waals surface area contributed by atoms with Crippen LogP contribution in [0.1, 0.15) is 13.3 Å². The number of carbonyl (C=O) groups is 2. The first-order chi connectivity index (χ1) is 45.8. The topological polar surface area (TPSA) is 720 Å². The molecule has 5 aliphatic heterocycles. The number of rotatable bonds is 37. The number of hydrogen-bond acceptors (Lipinski definition) is 43. The summed E-state index contributed by atoms with van der Waals surface area (Å²) in [6.07, 6.45) is -60.1. The largest absolute Gasteiger partial charge is 0.479 e. The summed E-state index contributed by atoms with van der Waals surface area (Å²) in [5, 5.41) is 10.8. The number of ether oxygens (including phenoxy) is 17. The van der Waals surface area contributed by atoms with Gasteiger partial charge in [0.2, 0.25) is 0 Å². The fourth-order valence-corrected chi connectivity index (χ4v) is 14.1. The zero-order valence-electron chi connectivity index (χ0n) is 52.0. The van der Waals surface area contributed by atoms with Crippen LogP contribution in [0, 0.1) is 0 Å². The molecule has 0 aromatic rings. The van der Waals surface area contributed by atoms with Crippen LogP contribution in [-0.4, -0.2) is 351 Å². The van der Waals surface area contributed by atoms with Crippen LogP contribution < -0.4 is 0 Å². The van der Waals surface area contributed by atoms with Gasteiger partial charge >= 0.3 is 95.1 Å². The minimum absolute atomic E-state index is 0.681. The molecule has 0 aliphatic carbocycles. The molecule has 0 aromatic carbocycles. The molecule has 60 heteroatoms. The van der Waals surface area contributed by atoms with Gasteiger partial charge in [-0.15, -0.1) is 0 Å². The van der Waals surface area contributed by atoms with Crippen molar-refractivity contribution in [2.45, 2.75) is 166 Å². The molecule has 0 radical (unpaired) electrons. The van der Waals surface area contributed by atoms with Gasteiger partial charge in [-0.2, -0.15) is 67.3 Å². The third-order valence-electron chi connectivity index (χ3n) is 14.6. The quantitative estimate of drug-likeness (QED) is 0.0261. The molecule has 5 aliphatic rings. The van der Waals surface area contributed by atoms with Crippen LogP contribution in [-0.2, 0) is 207 Å². The summed E-state index contributed by atoms with van der Waals surface area (Å²) in [4.78, 5) is 27.9. The third-order valence-corrected chi connectivity index (χ3v) is 18.1. The molecule has 0 spiro atoms. The van der Waals surface area contributed by atoms with Crippen LogP contribution in [0.5, 0.6) is 0 Å². The molecule has 0 unspecified atom stereocenters. The molecule has 0 amide bonds. The van der Waals surface area contributed by atoms with E-state index in [9.17, 15) is 118 Å². The van der Waals surface area contributed by atoms with Crippen LogP contribution >= 0.6 is 0 Å². The van der Waals surface area contributed by atoms with Crippen molar-refractivity contribution >= 4 is 95.1 Å². The fourth-order valence-electron chi connectivity index (χ4n) is 10.9. The van der Waals surface area contributed by atoms with E-state index < -0.39 is 274 Å². The zero-order valence-corrected chi connectivity index (χ0v) is 58.6. The van der Waals surface area contributed by atoms with E-state index in [0.717, 1.165) is 42.5 Å². The maximum atomic E-state index is 14.5. The first-order valence-electron chi connectivity index (χ1n) is 26.9. The standard InChI is InChI=1S/C40H68O52S8/c1-10-40(39(43)92-100(65,66)67)32(86-35-27(72-6)20(69-3)17(68-2)14(80-35)11-76-93(44,45)46)25(71-5)29(74-8)38(87-40)83-19-16(13-78-95(50,51)52)81-37(31(91-99(62,63)64)24(19)89-97(56,57)58)84-22-21(70-4)28(73-7)36(85-26(22)33(41)42)82-18-15(12-77-94(47,48)49)79-34(75-9)30(90-98(59,60)61)23(18)88-96(53,54)55/h14-32,34-38H,10-13H2,1-9H3,(H,41,42)(H,44,45,46)(H,47,48,49)(H,50,51,52)(H,53,54,55)(H,56,57,58)(H,59,60,61)(H,62,63,64)(H,65,66,67)/t14-,15-,16-,17-,18-,19-,20+,21+,22+,23+,24+,25-,26+,27-,28-,29-,30-,31-,32+,34+,35-,36-,37-,38-,40+/m1/s1. The van der Waals surface area contributed by atoms with Crippen molar-refractivity contribution in [2.75, 3.05) is 76.7 Å². The second-order valence-electron chi connectivity index (χ2n) is 20.5. The van der Waals surface area contributed by atoms with E-state index in [2.05, 4.69) is 25.1 Å². The van der Waals surface area contributed by atoms with Gasteiger partial charge in [0, 0.05) is 56.9 Å². The van der Waals surface area contributed by atoms with Gasteiger partial charge in [-0.3, -0.25) is 36.4 Å². The molecular formula is C40H68O52S8. The van der Waals surface area contributed by atoms with Crippen LogP contribution in [0.4, 0.5) is 0 Å². The molecule has 100 heavy (non-hydrogen) atoms. The van der Waals surface area contributed by atoms with Crippen molar-refractivity contribution in [1.29, 1.82) is 0 Å². The molecule has 0 aromatic heterocycles. The fraction of sp³-hybridized carbons (Fsp3) is 0.950. The van der Waals surface area contributed by atoms with Crippen molar-refractivity contribution in [1.82, 2.24) is 0 Å². The Morgan fingerprint density at radius 1 is 0.340 bits per heavy atom. The van der Waals surface area contributed by atoms with Gasteiger partial charge in [-0.25, -0.2) is 38.9 Å². The summed E-state index contributed by atoms with van der Waals surface area (Å²) in [5.74, 6) is -4.53. The molecule has 0 saturated carbocycles. The Balaban J connectivity index is 1.71. The van der Waals surface area contributed by atoms with Crippen molar-refractivity contribution in [3.63, 3.8) is 0 Å². The lowest BCUT2D eigenvalue weighted by Gasteiger charge is -2.53. The molecule has 5 rings (SSSR count). The van der Waals surface area contributed by atoms with E-state index >= 15 is 0 Å². The summed E-state index contributed by atoms with van der Waals surface area (Å²) < 4.78 is 408. The van der Waals surface area contributed by atoms with E-state index in [4.69, 9.17) is 88.9 Å². The highest BCUT2D eigenvalue weighted by Crippen LogP contribution is 2.45. The summed E-state index contributed by atoms with van der Waals surface area (Å²) >= 11 is 0. The van der Waals surface area contributed by atoms with Crippen molar-refractivity contribution in [3.05, 3.63) is 0 Å². The predicted molar refractivity (Wildman–Crippen MR) is 298 cm³/mol. The second kappa shape index (κ2) is 34.9. The van der Waals surface area contributed by atoms with Gasteiger partial charge in [-0.1, -0.05) is 6.92 Å². The van der Waals surface area contributed by atoms with E-state index in [1.54, 1.807) is 0 Å². The molecule has 5 saturated heterocycles. The molecule has 9 N–H and O–H groups in total. The van der Waals surface area contributed by atoms with Gasteiger partial charge in [0.1, 0.15) is 97.7 Å². The first kappa shape index (κ1) is 87.9. The van der Waals surface area contributed by atoms with Crippen molar-refractivity contribution in [2.24, 2.45) is 0 Å². The summed E-state index contributed by atoms with van der Waals surface area (Å²) in [7, 11) is -40.3. The van der Waals surface area contributed by atoms with Gasteiger partial charge < -0.3 is 89.8 Å². The minimum atomic E-state index is -6.31. The van der Waals surface area contributed by atoms with Crippen LogP contribution in [0.15, 0.2) is 0 Å². The van der Waals surface area contributed by atoms with E-state index in [-0.39, 0.29) is 0 Å². The summed E-state index contributed by atoms with van der Waals surface area (Å²) in [6, 6.07) is 0. The summed E-state index contributed by atoms with van der Waals surface area (Å²) in [6.45, 7) is -3.55. The molecular weight excluding hydrogens is 1570 g/mol. The molecule has 0 bridgehead atoms. The SMILES string of the molecule is CC[C@]1(C(=O)OS(=O)(=O)O)O[C@@H](O[C@H]2[C@H](OS(=O)(=O)O)[C@@H](OS(=O)(=O)O)[C@@H](O[C@H]3[C@H](OC)[C@@H](OC)[C@H](O[C@H]4[C@H](OS(=O)(=O)O)[C@@H](OS(=O)(=O)O)[C@@H](OC)O[C@@H]4COS(=O)(=O)O)O[C@@H]3C(=O)O)O[C@@H]2COS(=O)(=O)O)[C@H](OC)[C@@H](OC)[C@@H]1O[C@H]1O[C@H](COS(=O)(=O)O)[C@@H](OC)[C@H](OC)[C@H]1OC. The lowest BCUT2D eigenvalue weighted by atomic mass is 9.83. The van der Waals surface area contributed by atoms with Crippen LogP contribution in [0.3, 0.4) is 0 Å². The first-order valence-corrected chi connectivity index (χ1v) is 37.8. The Labute approximate surface area is 568 Å². The number of hydrogen-bond donors (Lipinski definition) is 9. The van der Waals surface area contributed by atoms with E-state index in [1.165, 1.54) is 0 Å². The highest BCUT2D eigenvalue weighted by Gasteiger charge is 2.66. The maximum Gasteiger partial charge on any atom is 0.449 e. The van der Waals surface area contributed by atoms with Gasteiger partial charge in [0.25, 0.3) is 0 Å². The van der Waals surface area contributed by atoms with Crippen LogP contribution in [0.25, 0.3) is 0 Å². The summed E-state index contributed by atoms with van der Waals surface area (Å²) in [5.41, 5.74) is -3.29. The molecule has 25 atom stereocenters. The number of carboxylic acid groups (broad SMARTS) is 1. The maximum absolute atomic E-state index is 14.5. The Kier molecular flexibility index (Phi) is 30.7. The molecule has 588 valence electrons. The number of aliphatic carboxylic acids is 1. The number of carboxylic acids is 1. The number of methoxy groups -OCH3 is 8. The van der Waals surface area contributed by atoms with Gasteiger partial charge in [0.05, 0.1) is 19.8 Å².